The molecule has 2 atom stereocenters. The maximum absolute atomic E-state index is 13.7. The van der Waals surface area contributed by atoms with Crippen molar-refractivity contribution < 1.29 is 28.0 Å². The minimum Gasteiger partial charge on any atom is -0.422 e. The van der Waals surface area contributed by atoms with E-state index in [4.69, 9.17) is 8.83 Å². The van der Waals surface area contributed by atoms with E-state index in [1.807, 2.05) is 57.2 Å². The molecule has 11 heteroatoms. The van der Waals surface area contributed by atoms with Gasteiger partial charge in [0.05, 0.1) is 16.4 Å². The van der Waals surface area contributed by atoms with E-state index in [0.29, 0.717) is 63.4 Å². The minimum absolute atomic E-state index is 0.0597. The van der Waals surface area contributed by atoms with Crippen LogP contribution in [0.3, 0.4) is 0 Å². The average Bonchev–Trinajstić information content (AvgIpc) is 3.52. The summed E-state index contributed by atoms with van der Waals surface area (Å²) in [6.45, 7) is 8.35. The molecule has 0 spiro atoms. The van der Waals surface area contributed by atoms with Crippen LogP contribution in [0.5, 0.6) is 0 Å². The van der Waals surface area contributed by atoms with Gasteiger partial charge in [-0.2, -0.15) is 0 Å². The molecule has 61 heavy (non-hydrogen) atoms. The van der Waals surface area contributed by atoms with Crippen LogP contribution in [0.25, 0.3) is 21.9 Å². The number of benzene rings is 3. The fourth-order valence-corrected chi connectivity index (χ4v) is 9.96. The molecule has 1 aliphatic rings. The standard InChI is InChI=1S/C50H58N2O8S/c1-5-35(34(4)53)31-61-42-30-43(54)52(48(42)56)29-19-13-11-9-7-6-8-10-12-18-28-51-47(55)37-26-24-36(25-27-37)46(44-32(2)38-20-14-16-22-40(38)59-49(44)57)45-33(3)39-21-15-17-23-41(39)60-50(45)58/h14-17,20-27,35,42,46H,5-13,18-19,28-31H2,1-4H3,(H,51,55)/t35-,42?/m0/s1. The lowest BCUT2D eigenvalue weighted by atomic mass is 9.81. The molecule has 0 aliphatic carbocycles. The maximum Gasteiger partial charge on any atom is 0.340 e. The van der Waals surface area contributed by atoms with Crippen molar-refractivity contribution in [2.75, 3.05) is 18.8 Å². The van der Waals surface area contributed by atoms with Crippen molar-refractivity contribution in [3.8, 4) is 0 Å². The number of ketones is 1. The highest BCUT2D eigenvalue weighted by Crippen LogP contribution is 2.36. The highest BCUT2D eigenvalue weighted by atomic mass is 32.2. The van der Waals surface area contributed by atoms with Gasteiger partial charge >= 0.3 is 11.3 Å². The van der Waals surface area contributed by atoms with Crippen LogP contribution in [-0.2, 0) is 14.4 Å². The van der Waals surface area contributed by atoms with E-state index in [9.17, 15) is 28.8 Å². The predicted octanol–water partition coefficient (Wildman–Crippen LogP) is 9.80. The zero-order valence-corrected chi connectivity index (χ0v) is 36.7. The molecule has 1 saturated heterocycles. The first-order valence-electron chi connectivity index (χ1n) is 21.9. The number of hydrogen-bond acceptors (Lipinski definition) is 9. The molecule has 0 bridgehead atoms. The molecular formula is C50H58N2O8S. The summed E-state index contributed by atoms with van der Waals surface area (Å²) in [4.78, 5) is 79.0. The number of aryl methyl sites for hydroxylation is 2. The molecule has 3 heterocycles. The van der Waals surface area contributed by atoms with Crippen molar-refractivity contribution in [3.63, 3.8) is 0 Å². The average molecular weight is 847 g/mol. The summed E-state index contributed by atoms with van der Waals surface area (Å²) in [5, 5.41) is 4.24. The van der Waals surface area contributed by atoms with Crippen LogP contribution in [0.2, 0.25) is 0 Å². The van der Waals surface area contributed by atoms with Crippen molar-refractivity contribution in [1.29, 1.82) is 0 Å². The van der Waals surface area contributed by atoms with E-state index in [2.05, 4.69) is 5.32 Å². The Labute approximate surface area is 361 Å². The number of para-hydroxylation sites is 2. The molecule has 6 rings (SSSR count). The van der Waals surface area contributed by atoms with Gasteiger partial charge in [-0.05, 0) is 81.0 Å². The number of thioether (sulfide) groups is 1. The zero-order valence-electron chi connectivity index (χ0n) is 35.9. The molecule has 5 aromatic rings. The van der Waals surface area contributed by atoms with Crippen molar-refractivity contribution in [1.82, 2.24) is 10.2 Å². The number of amides is 3. The minimum atomic E-state index is -0.796. The molecule has 10 nitrogen and oxygen atoms in total. The molecule has 1 fully saturated rings. The number of imide groups is 1. The Morgan fingerprint density at radius 3 is 1.75 bits per heavy atom. The van der Waals surface area contributed by atoms with Crippen molar-refractivity contribution in [2.45, 2.75) is 116 Å². The molecule has 322 valence electrons. The SMILES string of the molecule is CC[C@@H](CSC1CC(=O)N(CCCCCCCCCCCCNC(=O)c2ccc(C(c3c(C)c4ccccc4oc3=O)c3c(C)c4ccccc4oc3=O)cc2)C1=O)C(C)=O. The second-order valence-corrected chi connectivity index (χ2v) is 17.6. The highest BCUT2D eigenvalue weighted by molar-refractivity contribution is 8.00. The summed E-state index contributed by atoms with van der Waals surface area (Å²) in [7, 11) is 0. The second-order valence-electron chi connectivity index (χ2n) is 16.3. The molecule has 0 radical (unpaired) electrons. The Morgan fingerprint density at radius 2 is 1.23 bits per heavy atom. The largest absolute Gasteiger partial charge is 0.422 e. The maximum atomic E-state index is 13.7. The first kappa shape index (κ1) is 45.2. The molecule has 3 aromatic carbocycles. The number of unbranched alkanes of at least 4 members (excludes halogenated alkanes) is 9. The second kappa shape index (κ2) is 21.5. The van der Waals surface area contributed by atoms with Crippen LogP contribution in [-0.4, -0.2) is 52.5 Å². The molecule has 1 unspecified atom stereocenters. The van der Waals surface area contributed by atoms with Gasteiger partial charge in [0.15, 0.2) is 0 Å². The van der Waals surface area contributed by atoms with Crippen molar-refractivity contribution >= 4 is 57.2 Å². The smallest absolute Gasteiger partial charge is 0.340 e. The fourth-order valence-electron chi connectivity index (χ4n) is 8.50. The molecule has 2 aromatic heterocycles. The normalized spacial score (nSPS) is 14.7. The quantitative estimate of drug-likeness (QED) is 0.0409. The Morgan fingerprint density at radius 1 is 0.721 bits per heavy atom. The van der Waals surface area contributed by atoms with Gasteiger partial charge in [0.25, 0.3) is 5.91 Å². The molecule has 0 saturated carbocycles. The van der Waals surface area contributed by atoms with E-state index in [0.717, 1.165) is 81.4 Å². The first-order chi connectivity index (χ1) is 29.5. The highest BCUT2D eigenvalue weighted by Gasteiger charge is 2.38. The zero-order chi connectivity index (χ0) is 43.5. The van der Waals surface area contributed by atoms with Crippen molar-refractivity contribution in [2.24, 2.45) is 5.92 Å². The van der Waals surface area contributed by atoms with Crippen LogP contribution in [0.1, 0.15) is 135 Å². The Balaban J connectivity index is 0.932. The predicted molar refractivity (Wildman–Crippen MR) is 242 cm³/mol. The summed E-state index contributed by atoms with van der Waals surface area (Å²) < 4.78 is 11.6. The summed E-state index contributed by atoms with van der Waals surface area (Å²) in [6.07, 6.45) is 11.5. The lowest BCUT2D eigenvalue weighted by Gasteiger charge is -2.21. The van der Waals surface area contributed by atoms with Crippen LogP contribution in [0.15, 0.2) is 91.2 Å². The number of likely N-dealkylation sites (tertiary alicyclic amines) is 1. The van der Waals surface area contributed by atoms with Crippen LogP contribution in [0.4, 0.5) is 0 Å². The summed E-state index contributed by atoms with van der Waals surface area (Å²) in [5.74, 6) is -0.497. The summed E-state index contributed by atoms with van der Waals surface area (Å²) in [6, 6.07) is 21.7. The summed E-state index contributed by atoms with van der Waals surface area (Å²) >= 11 is 1.45. The molecule has 3 amide bonds. The fraction of sp³-hybridized carbons (Fsp3) is 0.440. The van der Waals surface area contributed by atoms with Gasteiger partial charge in [-0.15, -0.1) is 11.8 Å². The number of carbonyl (C=O) groups is 4. The van der Waals surface area contributed by atoms with Gasteiger partial charge in [-0.1, -0.05) is 107 Å². The number of nitrogens with zero attached hydrogens (tertiary/aromatic N) is 1. The van der Waals surface area contributed by atoms with Crippen LogP contribution in [0, 0.1) is 19.8 Å². The van der Waals surface area contributed by atoms with Crippen LogP contribution < -0.4 is 16.6 Å². The molecule has 1 N–H and O–H groups in total. The van der Waals surface area contributed by atoms with E-state index in [1.165, 1.54) is 16.7 Å². The third-order valence-corrected chi connectivity index (χ3v) is 13.5. The number of fused-ring (bicyclic) bond motifs is 2. The van der Waals surface area contributed by atoms with E-state index in [-0.39, 0.29) is 41.1 Å². The number of carbonyl (C=O) groups excluding carboxylic acids is 4. The lowest BCUT2D eigenvalue weighted by Crippen LogP contribution is -2.32. The Kier molecular flexibility index (Phi) is 15.9. The first-order valence-corrected chi connectivity index (χ1v) is 22.9. The Hall–Kier alpha value is -5.29. The number of Topliss-reactive ketones (excluding diaryl/α,β-unsaturated/α-hetero) is 1. The summed E-state index contributed by atoms with van der Waals surface area (Å²) in [5.41, 5.74) is 3.16. The number of nitrogens with one attached hydrogen (secondary N) is 1. The van der Waals surface area contributed by atoms with Gasteiger partial charge in [0.1, 0.15) is 16.9 Å². The molecule has 1 aliphatic heterocycles. The van der Waals surface area contributed by atoms with Gasteiger partial charge < -0.3 is 14.2 Å². The third kappa shape index (κ3) is 11.0. The number of rotatable bonds is 22. The van der Waals surface area contributed by atoms with Gasteiger partial charge in [-0.3, -0.25) is 24.1 Å². The topological polar surface area (TPSA) is 144 Å². The lowest BCUT2D eigenvalue weighted by molar-refractivity contribution is -0.138. The Bertz CT molecular complexity index is 2370. The van der Waals surface area contributed by atoms with Crippen LogP contribution >= 0.6 is 11.8 Å². The number of hydrogen-bond donors (Lipinski definition) is 1. The van der Waals surface area contributed by atoms with Gasteiger partial charge in [0.2, 0.25) is 11.8 Å². The monoisotopic (exact) mass is 846 g/mol. The van der Waals surface area contributed by atoms with E-state index in [1.54, 1.807) is 43.3 Å². The van der Waals surface area contributed by atoms with Crippen molar-refractivity contribution in [3.05, 3.63) is 127 Å². The van der Waals surface area contributed by atoms with E-state index < -0.39 is 17.2 Å². The van der Waals surface area contributed by atoms with Gasteiger partial charge in [-0.25, -0.2) is 9.59 Å². The molecular weight excluding hydrogens is 789 g/mol. The third-order valence-electron chi connectivity index (χ3n) is 12.2. The van der Waals surface area contributed by atoms with E-state index >= 15 is 0 Å². The van der Waals surface area contributed by atoms with Gasteiger partial charge in [0, 0.05) is 53.4 Å².